The number of para-hydroxylation sites is 6. The Morgan fingerprint density at radius 2 is 0.605 bits per heavy atom. The van der Waals surface area contributed by atoms with Crippen LogP contribution in [0.1, 0.15) is 50.7 Å². The first kappa shape index (κ1) is 70.9. The van der Waals surface area contributed by atoms with Gasteiger partial charge in [0.2, 0.25) is 0 Å². The van der Waals surface area contributed by atoms with Crippen LogP contribution in [0, 0.1) is 11.6 Å². The molecule has 0 saturated carbocycles. The standard InChI is InChI=1S/C106H80F2N2O2Si2/c1-71(2)75-32-27-49-88-94-68-76(99(69-75)109(97-54-30-50-91-89-45-23-25-56-101(89)111-105(91)97)103-85(47-28-52-95(103)107)73-58-63-83(64-59-73)113(77-33-11-5-12-34-77,78-35-13-6-14-36-78)79-37-15-7-16-38-79)62-67-87(94)93(72(3)4)70-100(88)110(98-55-31-51-92-90-46-24-26-57-102(90)112-106(92)98)104-86(48-29-53-96(104)108)74-60-65-84(66-61-74)114(80-39-17-8-18-40-80,81-41-19-9-20-42-81)82-43-21-10-22-44-82/h5-72H,1-4H3. The number of halogens is 2. The summed E-state index contributed by atoms with van der Waals surface area (Å²) in [5, 5.41) is 17.3. The molecule has 0 N–H and O–H groups in total. The maximum Gasteiger partial charge on any atom is 0.179 e. The zero-order valence-electron chi connectivity index (χ0n) is 63.7. The Bertz CT molecular complexity index is 6280. The molecule has 19 rings (SSSR count). The van der Waals surface area contributed by atoms with Crippen LogP contribution in [0.3, 0.4) is 0 Å². The largest absolute Gasteiger partial charge is 0.454 e. The lowest BCUT2D eigenvalue weighted by atomic mass is 9.90. The number of fused-ring (bicyclic) bond motifs is 7. The van der Waals surface area contributed by atoms with Crippen LogP contribution in [0.5, 0.6) is 0 Å². The van der Waals surface area contributed by atoms with Crippen LogP contribution in [0.15, 0.2) is 409 Å². The second-order valence-corrected chi connectivity index (χ2v) is 37.9. The zero-order valence-corrected chi connectivity index (χ0v) is 65.7. The summed E-state index contributed by atoms with van der Waals surface area (Å²) in [6, 6.07) is 141. The Labute approximate surface area is 665 Å². The summed E-state index contributed by atoms with van der Waals surface area (Å²) in [5.74, 6) is -0.892. The molecule has 0 unspecified atom stereocenters. The number of hydrogen-bond donors (Lipinski definition) is 0. The molecule has 19 aromatic rings. The van der Waals surface area contributed by atoms with Gasteiger partial charge in [0.25, 0.3) is 0 Å². The normalized spacial score (nSPS) is 11.9. The van der Waals surface area contributed by atoms with Crippen molar-refractivity contribution in [2.75, 3.05) is 9.80 Å². The molecule has 0 atom stereocenters. The molecule has 17 aromatic carbocycles. The quantitative estimate of drug-likeness (QED) is 0.0633. The summed E-state index contributed by atoms with van der Waals surface area (Å²) in [6.07, 6.45) is 0. The third kappa shape index (κ3) is 12.0. The van der Waals surface area contributed by atoms with Crippen molar-refractivity contribution in [2.45, 2.75) is 39.5 Å². The highest BCUT2D eigenvalue weighted by Gasteiger charge is 2.43. The van der Waals surface area contributed by atoms with Crippen molar-refractivity contribution in [1.29, 1.82) is 0 Å². The van der Waals surface area contributed by atoms with Gasteiger partial charge >= 0.3 is 0 Å². The van der Waals surface area contributed by atoms with E-state index in [1.807, 2.05) is 48.5 Å². The van der Waals surface area contributed by atoms with Crippen molar-refractivity contribution in [3.05, 3.63) is 423 Å². The molecular weight excluding hydrogens is 1430 g/mol. The molecule has 8 heteroatoms. The maximum atomic E-state index is 18.9. The van der Waals surface area contributed by atoms with Gasteiger partial charge in [0.05, 0.1) is 34.1 Å². The fourth-order valence-corrected chi connectivity index (χ4v) is 27.5. The smallest absolute Gasteiger partial charge is 0.179 e. The second kappa shape index (κ2) is 29.6. The SMILES string of the molecule is CC(C)c1cccc2c(N(c3c(F)cccc3-c3ccc([Si](c4ccccc4)(c4ccccc4)c4ccccc4)cc3)c3cccc4c3oc3ccccc34)cc(C(C)C)c3ccc(cc32)c(N(c2c(F)cccc2-c2ccc([Si](c3ccccc3)(c3ccccc3)c3ccccc3)cc2)c2cccc3c2oc2ccccc23)c1. The van der Waals surface area contributed by atoms with Gasteiger partial charge in [-0.2, -0.15) is 0 Å². The molecule has 0 aliphatic rings. The number of furan rings is 2. The molecule has 2 heterocycles. The van der Waals surface area contributed by atoms with Crippen molar-refractivity contribution in [1.82, 2.24) is 0 Å². The molecule has 114 heavy (non-hydrogen) atoms. The van der Waals surface area contributed by atoms with Gasteiger partial charge in [-0.1, -0.05) is 373 Å². The van der Waals surface area contributed by atoms with Crippen LogP contribution in [-0.2, 0) is 0 Å². The van der Waals surface area contributed by atoms with E-state index in [4.69, 9.17) is 8.83 Å². The number of benzene rings is 16. The van der Waals surface area contributed by atoms with E-state index in [0.717, 1.165) is 87.9 Å². The molecule has 0 saturated heterocycles. The molecule has 0 radical (unpaired) electrons. The van der Waals surface area contributed by atoms with Crippen molar-refractivity contribution in [2.24, 2.45) is 0 Å². The molecule has 0 aliphatic heterocycles. The van der Waals surface area contributed by atoms with Gasteiger partial charge in [-0.25, -0.2) is 8.78 Å². The molecule has 4 nitrogen and oxygen atoms in total. The number of rotatable bonds is 18. The van der Waals surface area contributed by atoms with E-state index in [9.17, 15) is 0 Å². The van der Waals surface area contributed by atoms with E-state index < -0.39 is 27.8 Å². The van der Waals surface area contributed by atoms with Crippen molar-refractivity contribution in [3.63, 3.8) is 0 Å². The van der Waals surface area contributed by atoms with Gasteiger partial charge in [-0.15, -0.1) is 0 Å². The van der Waals surface area contributed by atoms with Crippen LogP contribution in [0.25, 0.3) is 87.7 Å². The molecule has 0 amide bonds. The zero-order chi connectivity index (χ0) is 77.0. The Kier molecular flexibility index (Phi) is 18.4. The summed E-state index contributed by atoms with van der Waals surface area (Å²) in [5.41, 5.74) is 11.3. The summed E-state index contributed by atoms with van der Waals surface area (Å²) in [6.45, 7) is 8.87. The minimum absolute atomic E-state index is 0.0271. The summed E-state index contributed by atoms with van der Waals surface area (Å²) >= 11 is 0. The van der Waals surface area contributed by atoms with E-state index in [-0.39, 0.29) is 11.8 Å². The number of anilines is 6. The monoisotopic (exact) mass is 1510 g/mol. The molecule has 548 valence electrons. The summed E-state index contributed by atoms with van der Waals surface area (Å²) < 4.78 is 52.0. The third-order valence-corrected chi connectivity index (χ3v) is 32.9. The van der Waals surface area contributed by atoms with E-state index in [1.54, 1.807) is 12.1 Å². The van der Waals surface area contributed by atoms with Gasteiger partial charge in [-0.05, 0) is 146 Å². The Hall–Kier alpha value is -13.5. The highest BCUT2D eigenvalue weighted by atomic mass is 28.3. The van der Waals surface area contributed by atoms with Crippen LogP contribution in [0.4, 0.5) is 42.9 Å². The van der Waals surface area contributed by atoms with Crippen molar-refractivity contribution >= 4 is 157 Å². The third-order valence-electron chi connectivity index (χ3n) is 23.3. The average Bonchev–Trinajstić information content (AvgIpc) is 1.03. The minimum atomic E-state index is -2.97. The molecular formula is C106H80F2N2O2Si2. The lowest BCUT2D eigenvalue weighted by Crippen LogP contribution is -2.74. The number of nitrogens with zero attached hydrogens (tertiary/aromatic N) is 2. The van der Waals surface area contributed by atoms with Gasteiger partial charge in [0.15, 0.2) is 27.3 Å². The highest BCUT2D eigenvalue weighted by Crippen LogP contribution is 2.53. The fourth-order valence-electron chi connectivity index (χ4n) is 18.0. The van der Waals surface area contributed by atoms with Crippen molar-refractivity contribution in [3.8, 4) is 22.3 Å². The van der Waals surface area contributed by atoms with E-state index in [0.29, 0.717) is 45.0 Å². The molecule has 0 aliphatic carbocycles. The first-order valence-corrected chi connectivity index (χ1v) is 43.3. The van der Waals surface area contributed by atoms with E-state index in [2.05, 4.69) is 377 Å². The Morgan fingerprint density at radius 1 is 0.254 bits per heavy atom. The predicted molar refractivity (Wildman–Crippen MR) is 480 cm³/mol. The molecule has 0 fully saturated rings. The van der Waals surface area contributed by atoms with Crippen LogP contribution in [-0.4, -0.2) is 16.1 Å². The average molecular weight is 1510 g/mol. The fraction of sp³-hybridized carbons (Fsp3) is 0.0566. The topological polar surface area (TPSA) is 32.8 Å². The van der Waals surface area contributed by atoms with Crippen molar-refractivity contribution < 1.29 is 17.6 Å². The van der Waals surface area contributed by atoms with Gasteiger partial charge in [0, 0.05) is 38.1 Å². The Morgan fingerprint density at radius 3 is 1.01 bits per heavy atom. The Balaban J connectivity index is 0.866. The van der Waals surface area contributed by atoms with Crippen LogP contribution < -0.4 is 51.3 Å². The van der Waals surface area contributed by atoms with E-state index in [1.165, 1.54) is 41.5 Å². The van der Waals surface area contributed by atoms with Crippen LogP contribution in [0.2, 0.25) is 0 Å². The summed E-state index contributed by atoms with van der Waals surface area (Å²) in [7, 11) is -5.94. The predicted octanol–water partition coefficient (Wildman–Crippen LogP) is 23.9. The molecule has 2 bridgehead atoms. The van der Waals surface area contributed by atoms with Crippen LogP contribution >= 0.6 is 0 Å². The van der Waals surface area contributed by atoms with Gasteiger partial charge in [0.1, 0.15) is 22.8 Å². The lowest BCUT2D eigenvalue weighted by molar-refractivity contribution is 0.628. The molecule has 2 aromatic heterocycles. The lowest BCUT2D eigenvalue weighted by Gasteiger charge is -2.34. The minimum Gasteiger partial charge on any atom is -0.454 e. The molecule has 0 spiro atoms. The number of hydrogen-bond acceptors (Lipinski definition) is 4. The second-order valence-electron chi connectivity index (χ2n) is 30.3. The first-order chi connectivity index (χ1) is 56.1. The first-order valence-electron chi connectivity index (χ1n) is 39.3. The summed E-state index contributed by atoms with van der Waals surface area (Å²) in [4.78, 5) is 4.25. The van der Waals surface area contributed by atoms with Gasteiger partial charge in [-0.3, -0.25) is 0 Å². The van der Waals surface area contributed by atoms with Gasteiger partial charge < -0.3 is 18.6 Å². The van der Waals surface area contributed by atoms with E-state index >= 15 is 8.78 Å². The highest BCUT2D eigenvalue weighted by molar-refractivity contribution is 7.20. The maximum absolute atomic E-state index is 18.9.